The second-order valence-electron chi connectivity index (χ2n) is 5.23. The number of hydrogen-bond donors (Lipinski definition) is 1. The molecular formula is C18H16N2O2. The van der Waals surface area contributed by atoms with E-state index in [1.807, 2.05) is 66.9 Å². The Bertz CT molecular complexity index is 787. The van der Waals surface area contributed by atoms with E-state index in [0.29, 0.717) is 5.82 Å². The number of aromatic nitrogens is 2. The number of rotatable bonds is 3. The number of carboxylic acid groups (broad SMARTS) is 1. The minimum atomic E-state index is -1.03. The van der Waals surface area contributed by atoms with E-state index in [2.05, 4.69) is 4.98 Å². The highest BCUT2D eigenvalue weighted by Gasteiger charge is 2.17. The van der Waals surface area contributed by atoms with E-state index in [1.54, 1.807) is 6.20 Å². The summed E-state index contributed by atoms with van der Waals surface area (Å²) in [5.74, 6) is -0.382. The second kappa shape index (κ2) is 5.48. The first-order valence-corrected chi connectivity index (χ1v) is 7.02. The summed E-state index contributed by atoms with van der Waals surface area (Å²) in [5.41, 5.74) is 4.02. The largest absolute Gasteiger partial charge is 0.476 e. The van der Waals surface area contributed by atoms with Crippen LogP contribution in [0.15, 0.2) is 54.7 Å². The number of nitrogens with zero attached hydrogens (tertiary/aromatic N) is 2. The Labute approximate surface area is 128 Å². The molecule has 110 valence electrons. The Kier molecular flexibility index (Phi) is 3.51. The Balaban J connectivity index is 2.28. The van der Waals surface area contributed by atoms with Gasteiger partial charge in [0.15, 0.2) is 5.69 Å². The molecule has 1 N–H and O–H groups in total. The van der Waals surface area contributed by atoms with Gasteiger partial charge < -0.3 is 5.11 Å². The average Bonchev–Trinajstić information content (AvgIpc) is 2.93. The summed E-state index contributed by atoms with van der Waals surface area (Å²) in [4.78, 5) is 15.6. The van der Waals surface area contributed by atoms with Gasteiger partial charge >= 0.3 is 5.97 Å². The van der Waals surface area contributed by atoms with Crippen molar-refractivity contribution in [2.75, 3.05) is 0 Å². The molecule has 1 aromatic heterocycles. The van der Waals surface area contributed by atoms with Crippen molar-refractivity contribution in [2.45, 2.75) is 13.8 Å². The molecule has 0 spiro atoms. The number of benzene rings is 2. The van der Waals surface area contributed by atoms with E-state index in [-0.39, 0.29) is 5.69 Å². The van der Waals surface area contributed by atoms with Crippen molar-refractivity contribution in [1.29, 1.82) is 0 Å². The van der Waals surface area contributed by atoms with Gasteiger partial charge in [0.1, 0.15) is 5.82 Å². The van der Waals surface area contributed by atoms with Crippen LogP contribution < -0.4 is 0 Å². The van der Waals surface area contributed by atoms with E-state index in [1.165, 1.54) is 0 Å². The maximum atomic E-state index is 11.3. The highest BCUT2D eigenvalue weighted by Crippen LogP contribution is 2.27. The Hall–Kier alpha value is -2.88. The van der Waals surface area contributed by atoms with Crippen molar-refractivity contribution in [3.05, 3.63) is 71.5 Å². The molecule has 3 rings (SSSR count). The van der Waals surface area contributed by atoms with E-state index in [9.17, 15) is 9.90 Å². The van der Waals surface area contributed by atoms with E-state index in [0.717, 1.165) is 22.4 Å². The lowest BCUT2D eigenvalue weighted by Gasteiger charge is -2.12. The van der Waals surface area contributed by atoms with Gasteiger partial charge in [-0.3, -0.25) is 4.57 Å². The number of hydrogen-bond acceptors (Lipinski definition) is 2. The van der Waals surface area contributed by atoms with Crippen molar-refractivity contribution >= 4 is 5.97 Å². The molecule has 22 heavy (non-hydrogen) atoms. The number of para-hydroxylation sites is 1. The van der Waals surface area contributed by atoms with E-state index < -0.39 is 5.97 Å². The summed E-state index contributed by atoms with van der Waals surface area (Å²) in [6, 6.07) is 15.7. The summed E-state index contributed by atoms with van der Waals surface area (Å²) < 4.78 is 1.85. The molecule has 3 aromatic rings. The first-order chi connectivity index (χ1) is 10.6. The predicted octanol–water partition coefficient (Wildman–Crippen LogP) is 3.85. The predicted molar refractivity (Wildman–Crippen MR) is 85.4 cm³/mol. The van der Waals surface area contributed by atoms with Crippen LogP contribution in [0, 0.1) is 13.8 Å². The number of carbonyl (C=O) groups is 1. The van der Waals surface area contributed by atoms with Crippen molar-refractivity contribution in [3.8, 4) is 17.1 Å². The van der Waals surface area contributed by atoms with Crippen molar-refractivity contribution in [3.63, 3.8) is 0 Å². The van der Waals surface area contributed by atoms with Crippen LogP contribution in [0.1, 0.15) is 21.6 Å². The molecule has 0 fully saturated rings. The van der Waals surface area contributed by atoms with Crippen LogP contribution in [0.4, 0.5) is 0 Å². The molecule has 0 aliphatic carbocycles. The van der Waals surface area contributed by atoms with E-state index in [4.69, 9.17) is 0 Å². The number of imidazole rings is 1. The highest BCUT2D eigenvalue weighted by molar-refractivity contribution is 5.86. The zero-order valence-electron chi connectivity index (χ0n) is 12.4. The maximum Gasteiger partial charge on any atom is 0.356 e. The topological polar surface area (TPSA) is 55.1 Å². The van der Waals surface area contributed by atoms with Crippen LogP contribution >= 0.6 is 0 Å². The molecule has 0 bridgehead atoms. The van der Waals surface area contributed by atoms with Gasteiger partial charge in [0.25, 0.3) is 0 Å². The van der Waals surface area contributed by atoms with Crippen LogP contribution in [0.25, 0.3) is 17.1 Å². The molecule has 0 saturated heterocycles. The van der Waals surface area contributed by atoms with Crippen LogP contribution in [-0.4, -0.2) is 20.6 Å². The lowest BCUT2D eigenvalue weighted by molar-refractivity contribution is 0.0691. The van der Waals surface area contributed by atoms with Gasteiger partial charge in [0.2, 0.25) is 0 Å². The highest BCUT2D eigenvalue weighted by atomic mass is 16.4. The van der Waals surface area contributed by atoms with Crippen molar-refractivity contribution < 1.29 is 9.90 Å². The molecule has 0 atom stereocenters. The van der Waals surface area contributed by atoms with Crippen LogP contribution in [0.5, 0.6) is 0 Å². The first-order valence-electron chi connectivity index (χ1n) is 7.02. The second-order valence-corrected chi connectivity index (χ2v) is 5.23. The Morgan fingerprint density at radius 2 is 1.64 bits per heavy atom. The molecule has 4 nitrogen and oxygen atoms in total. The van der Waals surface area contributed by atoms with Crippen LogP contribution in [0.3, 0.4) is 0 Å². The normalized spacial score (nSPS) is 10.6. The SMILES string of the molecule is Cc1ccccc1-c1nc(C(=O)O)cn1-c1ccccc1C. The molecule has 2 aromatic carbocycles. The van der Waals surface area contributed by atoms with Crippen LogP contribution in [0.2, 0.25) is 0 Å². The third-order valence-electron chi connectivity index (χ3n) is 3.69. The third kappa shape index (κ3) is 2.39. The molecule has 0 unspecified atom stereocenters. The Morgan fingerprint density at radius 1 is 1.00 bits per heavy atom. The number of aryl methyl sites for hydroxylation is 2. The van der Waals surface area contributed by atoms with Crippen molar-refractivity contribution in [2.24, 2.45) is 0 Å². The minimum Gasteiger partial charge on any atom is -0.476 e. The number of carboxylic acids is 1. The molecule has 0 amide bonds. The standard InChI is InChI=1S/C18H16N2O2/c1-12-7-3-5-9-14(12)17-19-15(18(21)22)11-20(17)16-10-6-4-8-13(16)2/h3-11H,1-2H3,(H,21,22). The summed E-state index contributed by atoms with van der Waals surface area (Å²) in [6.07, 6.45) is 1.58. The molecule has 0 radical (unpaired) electrons. The number of aromatic carboxylic acids is 1. The summed E-state index contributed by atoms with van der Waals surface area (Å²) in [5, 5.41) is 9.28. The summed E-state index contributed by atoms with van der Waals surface area (Å²) in [7, 11) is 0. The summed E-state index contributed by atoms with van der Waals surface area (Å²) in [6.45, 7) is 3.99. The zero-order chi connectivity index (χ0) is 15.7. The molecule has 1 heterocycles. The third-order valence-corrected chi connectivity index (χ3v) is 3.69. The fraction of sp³-hybridized carbons (Fsp3) is 0.111. The van der Waals surface area contributed by atoms with Gasteiger partial charge in [-0.1, -0.05) is 42.5 Å². The monoisotopic (exact) mass is 292 g/mol. The van der Waals surface area contributed by atoms with Gasteiger partial charge in [0, 0.05) is 17.4 Å². The van der Waals surface area contributed by atoms with E-state index >= 15 is 0 Å². The van der Waals surface area contributed by atoms with Gasteiger partial charge in [-0.2, -0.15) is 0 Å². The molecular weight excluding hydrogens is 276 g/mol. The minimum absolute atomic E-state index is 0.0431. The lowest BCUT2D eigenvalue weighted by atomic mass is 10.1. The smallest absolute Gasteiger partial charge is 0.356 e. The zero-order valence-corrected chi connectivity index (χ0v) is 12.4. The Morgan fingerprint density at radius 3 is 2.27 bits per heavy atom. The molecule has 4 heteroatoms. The van der Waals surface area contributed by atoms with Crippen molar-refractivity contribution in [1.82, 2.24) is 9.55 Å². The first kappa shape index (κ1) is 14.1. The van der Waals surface area contributed by atoms with Gasteiger partial charge in [-0.25, -0.2) is 9.78 Å². The molecule has 0 aliphatic rings. The fourth-order valence-electron chi connectivity index (χ4n) is 2.51. The van der Waals surface area contributed by atoms with Gasteiger partial charge in [0.05, 0.1) is 0 Å². The molecule has 0 saturated carbocycles. The average molecular weight is 292 g/mol. The van der Waals surface area contributed by atoms with Crippen LogP contribution in [-0.2, 0) is 0 Å². The fourth-order valence-corrected chi connectivity index (χ4v) is 2.51. The van der Waals surface area contributed by atoms with Gasteiger partial charge in [-0.05, 0) is 31.0 Å². The molecule has 0 aliphatic heterocycles. The summed E-state index contributed by atoms with van der Waals surface area (Å²) >= 11 is 0. The quantitative estimate of drug-likeness (QED) is 0.797. The maximum absolute atomic E-state index is 11.3. The van der Waals surface area contributed by atoms with Gasteiger partial charge in [-0.15, -0.1) is 0 Å². The lowest BCUT2D eigenvalue weighted by Crippen LogP contribution is -1.99.